The van der Waals surface area contributed by atoms with Crippen LogP contribution < -0.4 is 0 Å². The molecule has 0 aliphatic heterocycles. The molecule has 0 bridgehead atoms. The molecule has 0 fully saturated rings. The van der Waals surface area contributed by atoms with E-state index < -0.39 is 6.43 Å². The van der Waals surface area contributed by atoms with Crippen LogP contribution in [0.1, 0.15) is 16.9 Å². The van der Waals surface area contributed by atoms with Gasteiger partial charge in [-0.2, -0.15) is 0 Å². The van der Waals surface area contributed by atoms with Crippen molar-refractivity contribution in [1.29, 1.82) is 0 Å². The van der Waals surface area contributed by atoms with Crippen LogP contribution in [0.4, 0.5) is 8.78 Å². The van der Waals surface area contributed by atoms with Gasteiger partial charge in [-0.25, -0.2) is 8.78 Å². The smallest absolute Gasteiger partial charge is 0.204 e. The van der Waals surface area contributed by atoms with Crippen LogP contribution in [0.25, 0.3) is 10.1 Å². The maximum Gasteiger partial charge on any atom is 0.272 e. The molecule has 1 heterocycles. The third-order valence-electron chi connectivity index (χ3n) is 2.06. The Balaban J connectivity index is 2.71. The summed E-state index contributed by atoms with van der Waals surface area (Å²) in [5.74, 6) is 0. The Hall–Kier alpha value is -0.480. The van der Waals surface area contributed by atoms with Gasteiger partial charge in [0.05, 0.1) is 4.88 Å². The molecule has 2 rings (SSSR count). The molecular formula is C10H7BrF2S. The minimum absolute atomic E-state index is 0.131. The summed E-state index contributed by atoms with van der Waals surface area (Å²) in [5.41, 5.74) is 1.07. The summed E-state index contributed by atoms with van der Waals surface area (Å²) in [4.78, 5) is 0.131. The van der Waals surface area contributed by atoms with Crippen LogP contribution in [0.2, 0.25) is 0 Å². The van der Waals surface area contributed by atoms with Crippen LogP contribution in [0.5, 0.6) is 0 Å². The molecule has 0 saturated carbocycles. The van der Waals surface area contributed by atoms with Crippen molar-refractivity contribution < 1.29 is 8.78 Å². The molecule has 2 aromatic rings. The highest BCUT2D eigenvalue weighted by Gasteiger charge is 2.13. The molecule has 4 heteroatoms. The van der Waals surface area contributed by atoms with Gasteiger partial charge in [-0.3, -0.25) is 0 Å². The largest absolute Gasteiger partial charge is 0.272 e. The molecular weight excluding hydrogens is 270 g/mol. The number of fused-ring (bicyclic) bond motifs is 1. The number of alkyl halides is 2. The summed E-state index contributed by atoms with van der Waals surface area (Å²) in [7, 11) is 0. The van der Waals surface area contributed by atoms with E-state index in [1.807, 2.05) is 19.1 Å². The van der Waals surface area contributed by atoms with Crippen molar-refractivity contribution in [1.82, 2.24) is 0 Å². The maximum atomic E-state index is 12.4. The minimum atomic E-state index is -2.38. The van der Waals surface area contributed by atoms with Gasteiger partial charge in [0, 0.05) is 14.6 Å². The van der Waals surface area contributed by atoms with Crippen molar-refractivity contribution in [2.75, 3.05) is 0 Å². The van der Waals surface area contributed by atoms with Crippen LogP contribution in [0, 0.1) is 6.92 Å². The van der Waals surface area contributed by atoms with E-state index in [4.69, 9.17) is 0 Å². The fourth-order valence-electron chi connectivity index (χ4n) is 1.31. The Bertz CT molecular complexity index is 476. The van der Waals surface area contributed by atoms with Gasteiger partial charge >= 0.3 is 0 Å². The molecule has 1 aromatic heterocycles. The van der Waals surface area contributed by atoms with Crippen LogP contribution in [0.3, 0.4) is 0 Å². The lowest BCUT2D eigenvalue weighted by Crippen LogP contribution is -1.75. The Morgan fingerprint density at radius 3 is 2.71 bits per heavy atom. The quantitative estimate of drug-likeness (QED) is 0.694. The maximum absolute atomic E-state index is 12.4. The number of hydrogen-bond acceptors (Lipinski definition) is 1. The van der Waals surface area contributed by atoms with Crippen LogP contribution in [0.15, 0.2) is 22.7 Å². The van der Waals surface area contributed by atoms with Crippen molar-refractivity contribution in [3.8, 4) is 0 Å². The Labute approximate surface area is 92.7 Å². The first-order valence-electron chi connectivity index (χ1n) is 4.06. The van der Waals surface area contributed by atoms with Gasteiger partial charge in [0.1, 0.15) is 0 Å². The monoisotopic (exact) mass is 276 g/mol. The van der Waals surface area contributed by atoms with Crippen molar-refractivity contribution in [3.63, 3.8) is 0 Å². The lowest BCUT2D eigenvalue weighted by atomic mass is 10.2. The fourth-order valence-corrected chi connectivity index (χ4v) is 2.83. The van der Waals surface area contributed by atoms with E-state index in [0.29, 0.717) is 0 Å². The Kier molecular flexibility index (Phi) is 2.58. The number of rotatable bonds is 1. The average molecular weight is 277 g/mol. The van der Waals surface area contributed by atoms with Crippen LogP contribution in [-0.2, 0) is 0 Å². The first kappa shape index (κ1) is 10.1. The van der Waals surface area contributed by atoms with Gasteiger partial charge in [-0.1, -0.05) is 6.07 Å². The summed E-state index contributed by atoms with van der Waals surface area (Å²) in [5, 5.41) is 0.880. The molecule has 0 aliphatic rings. The molecule has 0 amide bonds. The molecule has 0 N–H and O–H groups in total. The molecule has 0 unspecified atom stereocenters. The molecule has 0 spiro atoms. The molecule has 14 heavy (non-hydrogen) atoms. The van der Waals surface area contributed by atoms with Gasteiger partial charge < -0.3 is 0 Å². The summed E-state index contributed by atoms with van der Waals surface area (Å²) in [6.45, 7) is 1.95. The zero-order valence-corrected chi connectivity index (χ0v) is 9.75. The molecule has 0 aliphatic carbocycles. The molecule has 0 nitrogen and oxygen atoms in total. The van der Waals surface area contributed by atoms with E-state index in [-0.39, 0.29) is 4.88 Å². The second kappa shape index (κ2) is 3.59. The SMILES string of the molecule is Cc1ccc2sc(C(F)F)cc2c1Br. The van der Waals surface area contributed by atoms with Crippen molar-refractivity contribution in [2.24, 2.45) is 0 Å². The number of thiophene rings is 1. The normalized spacial score (nSPS) is 11.5. The highest BCUT2D eigenvalue weighted by atomic mass is 79.9. The molecule has 0 saturated heterocycles. The summed E-state index contributed by atoms with van der Waals surface area (Å²) < 4.78 is 26.7. The topological polar surface area (TPSA) is 0 Å². The van der Waals surface area contributed by atoms with E-state index in [0.717, 1.165) is 31.5 Å². The lowest BCUT2D eigenvalue weighted by molar-refractivity contribution is 0.156. The highest BCUT2D eigenvalue weighted by Crippen LogP contribution is 2.37. The minimum Gasteiger partial charge on any atom is -0.204 e. The highest BCUT2D eigenvalue weighted by molar-refractivity contribution is 9.10. The molecule has 1 aromatic carbocycles. The van der Waals surface area contributed by atoms with E-state index in [1.54, 1.807) is 6.07 Å². The van der Waals surface area contributed by atoms with Gasteiger partial charge in [0.25, 0.3) is 6.43 Å². The van der Waals surface area contributed by atoms with E-state index in [1.165, 1.54) is 0 Å². The van der Waals surface area contributed by atoms with E-state index in [9.17, 15) is 8.78 Å². The standard InChI is InChI=1S/C10H7BrF2S/c1-5-2-3-7-6(9(5)11)4-8(14-7)10(12)13/h2-4,10H,1H3. The second-order valence-electron chi connectivity index (χ2n) is 3.06. The lowest BCUT2D eigenvalue weighted by Gasteiger charge is -1.97. The van der Waals surface area contributed by atoms with E-state index >= 15 is 0 Å². The van der Waals surface area contributed by atoms with Crippen molar-refractivity contribution in [2.45, 2.75) is 13.3 Å². The average Bonchev–Trinajstić information content (AvgIpc) is 2.56. The fraction of sp³-hybridized carbons (Fsp3) is 0.200. The zero-order chi connectivity index (χ0) is 10.3. The summed E-state index contributed by atoms with van der Waals surface area (Å²) in [6.07, 6.45) is -2.38. The zero-order valence-electron chi connectivity index (χ0n) is 7.35. The summed E-state index contributed by atoms with van der Waals surface area (Å²) in [6, 6.07) is 5.37. The van der Waals surface area contributed by atoms with Gasteiger partial charge in [0.15, 0.2) is 0 Å². The summed E-state index contributed by atoms with van der Waals surface area (Å²) >= 11 is 4.55. The predicted molar refractivity (Wildman–Crippen MR) is 59.2 cm³/mol. The third-order valence-corrected chi connectivity index (χ3v) is 4.22. The first-order valence-corrected chi connectivity index (χ1v) is 5.67. The Morgan fingerprint density at radius 1 is 1.36 bits per heavy atom. The molecule has 74 valence electrons. The Morgan fingerprint density at radius 2 is 2.07 bits per heavy atom. The van der Waals surface area contributed by atoms with Crippen LogP contribution in [-0.4, -0.2) is 0 Å². The number of benzene rings is 1. The van der Waals surface area contributed by atoms with Crippen molar-refractivity contribution in [3.05, 3.63) is 33.1 Å². The van der Waals surface area contributed by atoms with Gasteiger partial charge in [-0.05, 0) is 40.5 Å². The van der Waals surface area contributed by atoms with Gasteiger partial charge in [-0.15, -0.1) is 11.3 Å². The van der Waals surface area contributed by atoms with E-state index in [2.05, 4.69) is 15.9 Å². The van der Waals surface area contributed by atoms with Gasteiger partial charge in [0.2, 0.25) is 0 Å². The number of hydrogen-bond donors (Lipinski definition) is 0. The number of halogens is 3. The predicted octanol–water partition coefficient (Wildman–Crippen LogP) is 4.91. The van der Waals surface area contributed by atoms with Crippen molar-refractivity contribution >= 4 is 37.4 Å². The van der Waals surface area contributed by atoms with Crippen LogP contribution >= 0.6 is 27.3 Å². The number of aryl methyl sites for hydroxylation is 1. The molecule has 0 atom stereocenters. The third kappa shape index (κ3) is 1.57. The first-order chi connectivity index (χ1) is 6.59. The second-order valence-corrected chi connectivity index (χ2v) is 4.97. The molecule has 0 radical (unpaired) electrons.